The third kappa shape index (κ3) is 5.61. The van der Waals surface area contributed by atoms with Crippen molar-refractivity contribution < 1.29 is 19.2 Å². The van der Waals surface area contributed by atoms with Crippen LogP contribution in [0, 0.1) is 10.1 Å². The molecule has 1 aliphatic rings. The number of para-hydroxylation sites is 2. The molecule has 0 spiro atoms. The number of hydrogen-bond donors (Lipinski definition) is 1. The predicted molar refractivity (Wildman–Crippen MR) is 155 cm³/mol. The molecule has 3 aromatic carbocycles. The molecule has 0 atom stereocenters. The molecule has 4 aromatic rings. The molecule has 5 rings (SSSR count). The highest BCUT2D eigenvalue weighted by Crippen LogP contribution is 2.36. The van der Waals surface area contributed by atoms with Crippen LogP contribution in [0.1, 0.15) is 65.3 Å². The van der Waals surface area contributed by atoms with Gasteiger partial charge in [-0.1, -0.05) is 62.4 Å². The summed E-state index contributed by atoms with van der Waals surface area (Å²) in [6.07, 6.45) is 4.01. The molecule has 1 heterocycles. The maximum atomic E-state index is 13.5. The summed E-state index contributed by atoms with van der Waals surface area (Å²) >= 11 is 0. The van der Waals surface area contributed by atoms with E-state index in [1.165, 1.54) is 12.1 Å². The Kier molecular flexibility index (Phi) is 7.68. The van der Waals surface area contributed by atoms with E-state index in [1.807, 2.05) is 68.5 Å². The second kappa shape index (κ2) is 11.5. The fourth-order valence-electron chi connectivity index (χ4n) is 5.14. The maximum Gasteiger partial charge on any atom is 0.339 e. The van der Waals surface area contributed by atoms with Crippen molar-refractivity contribution in [3.63, 3.8) is 0 Å². The van der Waals surface area contributed by atoms with Crippen molar-refractivity contribution in [3.8, 4) is 0 Å². The summed E-state index contributed by atoms with van der Waals surface area (Å²) in [4.78, 5) is 42.0. The molecule has 1 aromatic heterocycles. The molecule has 40 heavy (non-hydrogen) atoms. The van der Waals surface area contributed by atoms with Gasteiger partial charge in [0.05, 0.1) is 21.7 Å². The smallest absolute Gasteiger partial charge is 0.339 e. The lowest BCUT2D eigenvalue weighted by Gasteiger charge is -2.22. The van der Waals surface area contributed by atoms with Gasteiger partial charge in [0.1, 0.15) is 0 Å². The van der Waals surface area contributed by atoms with Crippen LogP contribution in [0.4, 0.5) is 11.4 Å². The van der Waals surface area contributed by atoms with Crippen LogP contribution in [0.2, 0.25) is 0 Å². The highest BCUT2D eigenvalue weighted by molar-refractivity contribution is 6.07. The van der Waals surface area contributed by atoms with Gasteiger partial charge in [-0.3, -0.25) is 14.9 Å². The number of carbonyl (C=O) groups is 2. The molecule has 0 radical (unpaired) electrons. The van der Waals surface area contributed by atoms with Gasteiger partial charge in [-0.2, -0.15) is 0 Å². The van der Waals surface area contributed by atoms with Crippen LogP contribution in [0.3, 0.4) is 0 Å². The van der Waals surface area contributed by atoms with Crippen LogP contribution in [0.5, 0.6) is 0 Å². The fraction of sp³-hybridized carbons (Fsp3) is 0.219. The standard InChI is InChI=1S/C32H29N3O5/c1-20(2)24-12-3-5-15-27(24)33-29(36)19-40-32(37)30-25-13-4-6-16-28(25)34-31-22(10-8-14-26(30)31)17-21-9-7-11-23(18-21)35(38)39/h3-7,9,11-13,15-18,20H,8,10,14,19H2,1-2H3,(H,33,36)/b22-17-. The third-order valence-electron chi connectivity index (χ3n) is 6.99. The number of pyridine rings is 1. The molecule has 0 unspecified atom stereocenters. The minimum Gasteiger partial charge on any atom is -0.452 e. The SMILES string of the molecule is CC(C)c1ccccc1NC(=O)COC(=O)c1c2c(nc3ccccc13)/C(=C\c1cccc([N+](=O)[O-])c1)CCC2. The molecule has 0 aliphatic heterocycles. The zero-order valence-corrected chi connectivity index (χ0v) is 22.3. The number of rotatable bonds is 7. The van der Waals surface area contributed by atoms with Crippen molar-refractivity contribution in [3.05, 3.63) is 111 Å². The summed E-state index contributed by atoms with van der Waals surface area (Å²) < 4.78 is 5.56. The summed E-state index contributed by atoms with van der Waals surface area (Å²) in [5.41, 5.74) is 5.77. The second-order valence-electron chi connectivity index (χ2n) is 10.1. The average molecular weight is 536 g/mol. The number of ether oxygens (including phenoxy) is 1. The Hall–Kier alpha value is -4.85. The number of carbonyl (C=O) groups excluding carboxylic acids is 2. The Bertz CT molecular complexity index is 1660. The van der Waals surface area contributed by atoms with Crippen molar-refractivity contribution >= 4 is 45.8 Å². The van der Waals surface area contributed by atoms with E-state index in [2.05, 4.69) is 5.32 Å². The van der Waals surface area contributed by atoms with Crippen LogP contribution in [-0.2, 0) is 16.0 Å². The number of benzene rings is 3. The zero-order chi connectivity index (χ0) is 28.2. The molecule has 1 N–H and O–H groups in total. The van der Waals surface area contributed by atoms with E-state index in [4.69, 9.17) is 9.72 Å². The predicted octanol–water partition coefficient (Wildman–Crippen LogP) is 6.94. The molecule has 0 saturated heterocycles. The van der Waals surface area contributed by atoms with E-state index in [-0.39, 0.29) is 11.6 Å². The van der Waals surface area contributed by atoms with Gasteiger partial charge in [0.25, 0.3) is 11.6 Å². The first-order valence-electron chi connectivity index (χ1n) is 13.2. The van der Waals surface area contributed by atoms with Gasteiger partial charge in [0, 0.05) is 23.2 Å². The molecule has 0 saturated carbocycles. The van der Waals surface area contributed by atoms with Crippen LogP contribution in [0.15, 0.2) is 72.8 Å². The number of nitro groups is 1. The number of nitro benzene ring substituents is 1. The highest BCUT2D eigenvalue weighted by atomic mass is 16.6. The summed E-state index contributed by atoms with van der Waals surface area (Å²) in [5, 5.41) is 14.8. The van der Waals surface area contributed by atoms with Crippen molar-refractivity contribution in [2.45, 2.75) is 39.0 Å². The molecule has 1 aliphatic carbocycles. The number of esters is 1. The number of anilines is 1. The van der Waals surface area contributed by atoms with Crippen molar-refractivity contribution in [2.24, 2.45) is 0 Å². The van der Waals surface area contributed by atoms with Gasteiger partial charge in [-0.25, -0.2) is 9.78 Å². The summed E-state index contributed by atoms with van der Waals surface area (Å²) in [6.45, 7) is 3.67. The number of allylic oxidation sites excluding steroid dienone is 1. The van der Waals surface area contributed by atoms with Crippen LogP contribution >= 0.6 is 0 Å². The first kappa shape index (κ1) is 26.7. The van der Waals surface area contributed by atoms with Gasteiger partial charge < -0.3 is 10.1 Å². The number of hydrogen-bond acceptors (Lipinski definition) is 6. The Balaban J connectivity index is 1.46. The van der Waals surface area contributed by atoms with Gasteiger partial charge in [0.2, 0.25) is 0 Å². The van der Waals surface area contributed by atoms with Crippen molar-refractivity contribution in [2.75, 3.05) is 11.9 Å². The van der Waals surface area contributed by atoms with Crippen LogP contribution in [0.25, 0.3) is 22.6 Å². The lowest BCUT2D eigenvalue weighted by molar-refractivity contribution is -0.384. The summed E-state index contributed by atoms with van der Waals surface area (Å²) in [6, 6.07) is 21.3. The number of non-ortho nitro benzene ring substituents is 1. The number of fused-ring (bicyclic) bond motifs is 2. The average Bonchev–Trinajstić information content (AvgIpc) is 2.95. The molecular weight excluding hydrogens is 506 g/mol. The maximum absolute atomic E-state index is 13.5. The van der Waals surface area contributed by atoms with Crippen LogP contribution in [-0.4, -0.2) is 28.4 Å². The molecule has 8 heteroatoms. The summed E-state index contributed by atoms with van der Waals surface area (Å²) in [5.74, 6) is -0.781. The second-order valence-corrected chi connectivity index (χ2v) is 10.1. The van der Waals surface area contributed by atoms with Crippen molar-refractivity contribution in [1.82, 2.24) is 4.98 Å². The number of nitrogens with zero attached hydrogens (tertiary/aromatic N) is 2. The normalized spacial score (nSPS) is 13.7. The lowest BCUT2D eigenvalue weighted by atomic mass is 9.86. The molecule has 202 valence electrons. The Morgan fingerprint density at radius 3 is 2.62 bits per heavy atom. The fourth-order valence-corrected chi connectivity index (χ4v) is 5.14. The van der Waals surface area contributed by atoms with Gasteiger partial charge in [0.15, 0.2) is 6.61 Å². The molecule has 0 bridgehead atoms. The van der Waals surface area contributed by atoms with E-state index in [0.29, 0.717) is 46.3 Å². The van der Waals surface area contributed by atoms with E-state index in [1.54, 1.807) is 12.1 Å². The Morgan fingerprint density at radius 2 is 1.82 bits per heavy atom. The van der Waals surface area contributed by atoms with Crippen LogP contribution < -0.4 is 5.32 Å². The highest BCUT2D eigenvalue weighted by Gasteiger charge is 2.26. The van der Waals surface area contributed by atoms with Gasteiger partial charge in [-0.05, 0) is 65.7 Å². The number of nitrogens with one attached hydrogen (secondary N) is 1. The molecule has 8 nitrogen and oxygen atoms in total. The molecular formula is C32H29N3O5. The van der Waals surface area contributed by atoms with E-state index in [9.17, 15) is 19.7 Å². The monoisotopic (exact) mass is 535 g/mol. The minimum atomic E-state index is -0.584. The summed E-state index contributed by atoms with van der Waals surface area (Å²) in [7, 11) is 0. The van der Waals surface area contributed by atoms with Gasteiger partial charge in [-0.15, -0.1) is 0 Å². The topological polar surface area (TPSA) is 111 Å². The zero-order valence-electron chi connectivity index (χ0n) is 22.3. The number of amides is 1. The molecule has 0 fully saturated rings. The first-order valence-corrected chi connectivity index (χ1v) is 13.2. The quantitative estimate of drug-likeness (QED) is 0.156. The Morgan fingerprint density at radius 1 is 1.05 bits per heavy atom. The largest absolute Gasteiger partial charge is 0.452 e. The lowest BCUT2D eigenvalue weighted by Crippen LogP contribution is -2.23. The van der Waals surface area contributed by atoms with Gasteiger partial charge >= 0.3 is 5.97 Å². The Labute approximate surface area is 231 Å². The van der Waals surface area contributed by atoms with Crippen molar-refractivity contribution in [1.29, 1.82) is 0 Å². The third-order valence-corrected chi connectivity index (χ3v) is 6.99. The van der Waals surface area contributed by atoms with E-state index < -0.39 is 23.4 Å². The first-order chi connectivity index (χ1) is 19.3. The van der Waals surface area contributed by atoms with E-state index >= 15 is 0 Å². The van der Waals surface area contributed by atoms with E-state index in [0.717, 1.165) is 23.1 Å². The minimum absolute atomic E-state index is 0.00964. The number of aromatic nitrogens is 1. The molecule has 1 amide bonds.